The summed E-state index contributed by atoms with van der Waals surface area (Å²) in [5.41, 5.74) is 3.77. The van der Waals surface area contributed by atoms with Gasteiger partial charge in [0.05, 0.1) is 6.04 Å². The van der Waals surface area contributed by atoms with E-state index in [0.717, 1.165) is 19.4 Å². The number of rotatable bonds is 5. The second-order valence-electron chi connectivity index (χ2n) is 7.14. The number of carbonyl (C=O) groups is 1. The number of benzene rings is 2. The highest BCUT2D eigenvalue weighted by Gasteiger charge is 2.31. The molecule has 0 N–H and O–H groups in total. The smallest absolute Gasteiger partial charge is 0.224 e. The van der Waals surface area contributed by atoms with Crippen molar-refractivity contribution in [3.8, 4) is 0 Å². The average molecular weight is 376 g/mol. The molecule has 0 radical (unpaired) electrons. The SMILES string of the molecule is CCC1c2ccsc2CCN1C(=O)CC(c1ccccc1)c1ccccc1. The third-order valence-corrected chi connectivity index (χ3v) is 6.58. The Labute approximate surface area is 165 Å². The van der Waals surface area contributed by atoms with Crippen molar-refractivity contribution in [2.45, 2.75) is 38.1 Å². The van der Waals surface area contributed by atoms with Crippen molar-refractivity contribution in [2.75, 3.05) is 6.54 Å². The van der Waals surface area contributed by atoms with Crippen LogP contribution in [-0.4, -0.2) is 17.4 Å². The second kappa shape index (κ2) is 8.10. The number of carbonyl (C=O) groups excluding carboxylic acids is 1. The maximum Gasteiger partial charge on any atom is 0.224 e. The Morgan fingerprint density at radius 2 is 1.67 bits per heavy atom. The molecule has 3 aromatic rings. The van der Waals surface area contributed by atoms with Gasteiger partial charge in [0.1, 0.15) is 0 Å². The Bertz CT molecular complexity index is 848. The first-order chi connectivity index (χ1) is 13.3. The molecule has 2 aromatic carbocycles. The fourth-order valence-electron chi connectivity index (χ4n) is 4.23. The van der Waals surface area contributed by atoms with Crippen LogP contribution in [0.1, 0.15) is 53.3 Å². The zero-order valence-electron chi connectivity index (χ0n) is 15.7. The van der Waals surface area contributed by atoms with Crippen LogP contribution in [0.4, 0.5) is 0 Å². The lowest BCUT2D eigenvalue weighted by molar-refractivity contribution is -0.134. The fraction of sp³-hybridized carbons (Fsp3) is 0.292. The summed E-state index contributed by atoms with van der Waals surface area (Å²) >= 11 is 1.83. The molecular formula is C24H25NOS. The van der Waals surface area contributed by atoms with E-state index in [9.17, 15) is 4.79 Å². The highest BCUT2D eigenvalue weighted by Crippen LogP contribution is 2.37. The zero-order valence-corrected chi connectivity index (χ0v) is 16.5. The maximum absolute atomic E-state index is 13.4. The Hall–Kier alpha value is -2.39. The van der Waals surface area contributed by atoms with Gasteiger partial charge in [0.15, 0.2) is 0 Å². The van der Waals surface area contributed by atoms with E-state index in [1.165, 1.54) is 21.6 Å². The van der Waals surface area contributed by atoms with E-state index in [4.69, 9.17) is 0 Å². The molecule has 0 saturated carbocycles. The third kappa shape index (κ3) is 3.70. The summed E-state index contributed by atoms with van der Waals surface area (Å²) in [6, 6.07) is 23.3. The lowest BCUT2D eigenvalue weighted by atomic mass is 9.87. The van der Waals surface area contributed by atoms with Crippen LogP contribution in [-0.2, 0) is 11.2 Å². The first-order valence-corrected chi connectivity index (χ1v) is 10.6. The van der Waals surface area contributed by atoms with Crippen molar-refractivity contribution >= 4 is 17.2 Å². The number of nitrogens with zero attached hydrogens (tertiary/aromatic N) is 1. The van der Waals surface area contributed by atoms with Crippen molar-refractivity contribution < 1.29 is 4.79 Å². The van der Waals surface area contributed by atoms with Crippen molar-refractivity contribution in [3.05, 3.63) is 93.7 Å². The highest BCUT2D eigenvalue weighted by molar-refractivity contribution is 7.10. The highest BCUT2D eigenvalue weighted by atomic mass is 32.1. The molecule has 1 unspecified atom stereocenters. The quantitative estimate of drug-likeness (QED) is 0.551. The molecule has 0 spiro atoms. The van der Waals surface area contributed by atoms with Gasteiger partial charge in [-0.15, -0.1) is 11.3 Å². The zero-order chi connectivity index (χ0) is 18.6. The van der Waals surface area contributed by atoms with Gasteiger partial charge >= 0.3 is 0 Å². The lowest BCUT2D eigenvalue weighted by Crippen LogP contribution is -2.39. The molecule has 2 heterocycles. The molecule has 0 aliphatic carbocycles. The topological polar surface area (TPSA) is 20.3 Å². The predicted octanol–water partition coefficient (Wildman–Crippen LogP) is 5.81. The summed E-state index contributed by atoms with van der Waals surface area (Å²) in [5.74, 6) is 0.359. The van der Waals surface area contributed by atoms with Gasteiger partial charge in [0, 0.05) is 23.8 Å². The molecule has 1 aliphatic heterocycles. The first kappa shape index (κ1) is 18.0. The normalized spacial score (nSPS) is 16.4. The van der Waals surface area contributed by atoms with Crippen molar-refractivity contribution in [3.63, 3.8) is 0 Å². The van der Waals surface area contributed by atoms with Crippen molar-refractivity contribution in [1.82, 2.24) is 4.90 Å². The molecule has 0 saturated heterocycles. The van der Waals surface area contributed by atoms with E-state index in [0.29, 0.717) is 6.42 Å². The first-order valence-electron chi connectivity index (χ1n) is 9.73. The Morgan fingerprint density at radius 3 is 2.26 bits per heavy atom. The van der Waals surface area contributed by atoms with Gasteiger partial charge in [-0.25, -0.2) is 0 Å². The third-order valence-electron chi connectivity index (χ3n) is 5.58. The largest absolute Gasteiger partial charge is 0.335 e. The number of hydrogen-bond donors (Lipinski definition) is 0. The Kier molecular flexibility index (Phi) is 5.40. The van der Waals surface area contributed by atoms with Crippen LogP contribution in [0.2, 0.25) is 0 Å². The number of thiophene rings is 1. The van der Waals surface area contributed by atoms with Crippen LogP contribution in [0.15, 0.2) is 72.1 Å². The summed E-state index contributed by atoms with van der Waals surface area (Å²) < 4.78 is 0. The lowest BCUT2D eigenvalue weighted by Gasteiger charge is -2.36. The predicted molar refractivity (Wildman–Crippen MR) is 112 cm³/mol. The standard InChI is InChI=1S/C24H25NOS/c1-2-22-20-14-16-27-23(20)13-15-25(22)24(26)17-21(18-9-5-3-6-10-18)19-11-7-4-8-12-19/h3-12,14,16,21-22H,2,13,15,17H2,1H3. The molecule has 4 rings (SSSR count). The second-order valence-corrected chi connectivity index (χ2v) is 8.14. The van der Waals surface area contributed by atoms with Crippen molar-refractivity contribution in [1.29, 1.82) is 0 Å². The van der Waals surface area contributed by atoms with E-state index in [1.54, 1.807) is 0 Å². The molecule has 1 aliphatic rings. The van der Waals surface area contributed by atoms with E-state index in [2.05, 4.69) is 71.8 Å². The summed E-state index contributed by atoms with van der Waals surface area (Å²) in [6.45, 7) is 3.02. The van der Waals surface area contributed by atoms with Gasteiger partial charge < -0.3 is 4.90 Å². The van der Waals surface area contributed by atoms with Gasteiger partial charge in [-0.05, 0) is 41.0 Å². The molecule has 1 atom stereocenters. The van der Waals surface area contributed by atoms with Crippen LogP contribution in [0, 0.1) is 0 Å². The number of amides is 1. The minimum atomic E-state index is 0.0984. The van der Waals surface area contributed by atoms with Crippen LogP contribution in [0.3, 0.4) is 0 Å². The summed E-state index contributed by atoms with van der Waals surface area (Å²) in [5, 5.41) is 2.16. The van der Waals surface area contributed by atoms with Crippen LogP contribution in [0.5, 0.6) is 0 Å². The van der Waals surface area contributed by atoms with E-state index in [-0.39, 0.29) is 17.9 Å². The summed E-state index contributed by atoms with van der Waals surface area (Å²) in [6.07, 6.45) is 2.47. The number of hydrogen-bond acceptors (Lipinski definition) is 2. The molecule has 0 fully saturated rings. The molecule has 138 valence electrons. The molecule has 27 heavy (non-hydrogen) atoms. The van der Waals surface area contributed by atoms with E-state index >= 15 is 0 Å². The van der Waals surface area contributed by atoms with Gasteiger partial charge in [0.2, 0.25) is 5.91 Å². The molecule has 1 aromatic heterocycles. The van der Waals surface area contributed by atoms with Crippen LogP contribution >= 0.6 is 11.3 Å². The van der Waals surface area contributed by atoms with Crippen LogP contribution < -0.4 is 0 Å². The van der Waals surface area contributed by atoms with Crippen molar-refractivity contribution in [2.24, 2.45) is 0 Å². The monoisotopic (exact) mass is 375 g/mol. The van der Waals surface area contributed by atoms with E-state index in [1.807, 2.05) is 23.5 Å². The maximum atomic E-state index is 13.4. The average Bonchev–Trinajstić information content (AvgIpc) is 3.21. The molecule has 3 heteroatoms. The number of fused-ring (bicyclic) bond motifs is 1. The molecule has 2 nitrogen and oxygen atoms in total. The van der Waals surface area contributed by atoms with Gasteiger partial charge in [-0.2, -0.15) is 0 Å². The summed E-state index contributed by atoms with van der Waals surface area (Å²) in [4.78, 5) is 17.0. The Balaban J connectivity index is 1.61. The minimum Gasteiger partial charge on any atom is -0.335 e. The molecule has 0 bridgehead atoms. The summed E-state index contributed by atoms with van der Waals surface area (Å²) in [7, 11) is 0. The van der Waals surface area contributed by atoms with Crippen LogP contribution in [0.25, 0.3) is 0 Å². The van der Waals surface area contributed by atoms with Gasteiger partial charge in [-0.3, -0.25) is 4.79 Å². The Morgan fingerprint density at radius 1 is 1.04 bits per heavy atom. The minimum absolute atomic E-state index is 0.0984. The molecular weight excluding hydrogens is 350 g/mol. The molecule has 1 amide bonds. The van der Waals surface area contributed by atoms with Gasteiger partial charge in [0.25, 0.3) is 0 Å². The fourth-order valence-corrected chi connectivity index (χ4v) is 5.15. The van der Waals surface area contributed by atoms with Gasteiger partial charge in [-0.1, -0.05) is 67.6 Å². The van der Waals surface area contributed by atoms with E-state index < -0.39 is 0 Å².